The molecule has 150 valence electrons. The molecule has 1 atom stereocenters. The number of nitrogens with zero attached hydrogens (tertiary/aromatic N) is 2. The fourth-order valence-corrected chi connectivity index (χ4v) is 2.06. The van der Waals surface area contributed by atoms with Crippen molar-refractivity contribution >= 4 is 18.0 Å². The second-order valence-electron chi connectivity index (χ2n) is 7.33. The molecule has 0 bridgehead atoms. The average molecular weight is 379 g/mol. The molecule has 8 nitrogen and oxygen atoms in total. The Morgan fingerprint density at radius 3 is 2.19 bits per heavy atom. The van der Waals surface area contributed by atoms with Crippen molar-refractivity contribution in [1.29, 1.82) is 0 Å². The van der Waals surface area contributed by atoms with Crippen LogP contribution in [0.1, 0.15) is 26.3 Å². The van der Waals surface area contributed by atoms with Gasteiger partial charge in [-0.2, -0.15) is 0 Å². The third-order valence-electron chi connectivity index (χ3n) is 3.50. The molecule has 8 heteroatoms. The first-order valence-corrected chi connectivity index (χ1v) is 8.64. The smallest absolute Gasteiger partial charge is 0.410 e. The lowest BCUT2D eigenvalue weighted by molar-refractivity contribution is -0.121. The summed E-state index contributed by atoms with van der Waals surface area (Å²) < 4.78 is 10.4. The van der Waals surface area contributed by atoms with E-state index in [-0.39, 0.29) is 25.5 Å². The molecule has 0 aromatic heterocycles. The van der Waals surface area contributed by atoms with Gasteiger partial charge in [-0.05, 0) is 26.3 Å². The van der Waals surface area contributed by atoms with E-state index >= 15 is 0 Å². The van der Waals surface area contributed by atoms with Gasteiger partial charge in [-0.1, -0.05) is 30.3 Å². The summed E-state index contributed by atoms with van der Waals surface area (Å²) in [5, 5.41) is 0. The van der Waals surface area contributed by atoms with E-state index < -0.39 is 23.8 Å². The van der Waals surface area contributed by atoms with Gasteiger partial charge in [0.05, 0.1) is 12.6 Å². The number of ketones is 1. The maximum absolute atomic E-state index is 12.2. The average Bonchev–Trinajstić information content (AvgIpc) is 2.58. The van der Waals surface area contributed by atoms with Gasteiger partial charge in [0.25, 0.3) is 0 Å². The zero-order valence-corrected chi connectivity index (χ0v) is 16.6. The number of carbonyl (C=O) groups is 3. The SMILES string of the molecule is CN(CC(N)C(=O)CN(C)C(=O)OC(C)(C)C)C(=O)OCc1ccccc1. The highest BCUT2D eigenvalue weighted by Gasteiger charge is 2.25. The Kier molecular flexibility index (Phi) is 8.24. The van der Waals surface area contributed by atoms with Gasteiger partial charge in [0.15, 0.2) is 5.78 Å². The lowest BCUT2D eigenvalue weighted by Crippen LogP contribution is -2.48. The molecule has 0 aliphatic rings. The number of amides is 2. The predicted molar refractivity (Wildman–Crippen MR) is 101 cm³/mol. The van der Waals surface area contributed by atoms with Gasteiger partial charge in [-0.25, -0.2) is 9.59 Å². The molecule has 2 N–H and O–H groups in total. The first-order valence-electron chi connectivity index (χ1n) is 8.64. The zero-order chi connectivity index (χ0) is 20.6. The first-order chi connectivity index (χ1) is 12.5. The fourth-order valence-electron chi connectivity index (χ4n) is 2.06. The van der Waals surface area contributed by atoms with Gasteiger partial charge in [0.2, 0.25) is 0 Å². The molecule has 0 spiro atoms. The highest BCUT2D eigenvalue weighted by Crippen LogP contribution is 2.09. The van der Waals surface area contributed by atoms with Gasteiger partial charge in [0.1, 0.15) is 12.2 Å². The van der Waals surface area contributed by atoms with Crippen molar-refractivity contribution < 1.29 is 23.9 Å². The van der Waals surface area contributed by atoms with Crippen LogP contribution in [-0.2, 0) is 20.9 Å². The van der Waals surface area contributed by atoms with Crippen LogP contribution in [0.4, 0.5) is 9.59 Å². The summed E-state index contributed by atoms with van der Waals surface area (Å²) in [5.74, 6) is -0.383. The molecule has 1 aromatic carbocycles. The normalized spacial score (nSPS) is 12.1. The van der Waals surface area contributed by atoms with E-state index in [4.69, 9.17) is 15.2 Å². The van der Waals surface area contributed by atoms with Crippen molar-refractivity contribution in [2.24, 2.45) is 5.73 Å². The molecule has 0 radical (unpaired) electrons. The van der Waals surface area contributed by atoms with E-state index in [0.717, 1.165) is 10.5 Å². The highest BCUT2D eigenvalue weighted by molar-refractivity contribution is 5.88. The molecular formula is C19H29N3O5. The lowest BCUT2D eigenvalue weighted by Gasteiger charge is -2.25. The monoisotopic (exact) mass is 379 g/mol. The molecular weight excluding hydrogens is 350 g/mol. The van der Waals surface area contributed by atoms with Gasteiger partial charge in [-0.3, -0.25) is 4.79 Å². The zero-order valence-electron chi connectivity index (χ0n) is 16.6. The second kappa shape index (κ2) is 9.91. The minimum absolute atomic E-state index is 0.0192. The molecule has 0 saturated heterocycles. The number of hydrogen-bond acceptors (Lipinski definition) is 6. The molecule has 1 unspecified atom stereocenters. The summed E-state index contributed by atoms with van der Waals surface area (Å²) in [4.78, 5) is 38.5. The van der Waals surface area contributed by atoms with Crippen LogP contribution in [0.3, 0.4) is 0 Å². The van der Waals surface area contributed by atoms with E-state index in [1.54, 1.807) is 20.8 Å². The number of nitrogens with two attached hydrogens (primary N) is 1. The van der Waals surface area contributed by atoms with E-state index in [0.29, 0.717) is 0 Å². The molecule has 0 aliphatic heterocycles. The van der Waals surface area contributed by atoms with Gasteiger partial charge >= 0.3 is 12.2 Å². The predicted octanol–water partition coefficient (Wildman–Crippen LogP) is 2.02. The van der Waals surface area contributed by atoms with Crippen LogP contribution in [0.5, 0.6) is 0 Å². The Bertz CT molecular complexity index is 642. The first kappa shape index (κ1) is 22.4. The minimum Gasteiger partial charge on any atom is -0.445 e. The third kappa shape index (κ3) is 8.54. The van der Waals surface area contributed by atoms with Crippen molar-refractivity contribution in [1.82, 2.24) is 9.80 Å². The fraction of sp³-hybridized carbons (Fsp3) is 0.526. The molecule has 2 amide bonds. The standard InChI is InChI=1S/C19H29N3O5/c1-19(2,3)27-18(25)22(5)12-16(23)15(20)11-21(4)17(24)26-13-14-9-7-6-8-10-14/h6-10,15H,11-13,20H2,1-5H3. The molecule has 0 aliphatic carbocycles. The Morgan fingerprint density at radius 2 is 1.63 bits per heavy atom. The number of Topliss-reactive ketones (excluding diaryl/α,β-unsaturated/α-hetero) is 1. The largest absolute Gasteiger partial charge is 0.445 e. The topological polar surface area (TPSA) is 102 Å². The maximum Gasteiger partial charge on any atom is 0.410 e. The summed E-state index contributed by atoms with van der Waals surface area (Å²) in [6.07, 6.45) is -1.19. The highest BCUT2D eigenvalue weighted by atomic mass is 16.6. The van der Waals surface area contributed by atoms with Crippen molar-refractivity contribution in [3.63, 3.8) is 0 Å². The Labute approximate surface area is 160 Å². The second-order valence-corrected chi connectivity index (χ2v) is 7.33. The third-order valence-corrected chi connectivity index (χ3v) is 3.50. The van der Waals surface area contributed by atoms with Crippen molar-refractivity contribution in [3.05, 3.63) is 35.9 Å². The van der Waals surface area contributed by atoms with Crippen LogP contribution in [-0.4, -0.2) is 66.6 Å². The Balaban J connectivity index is 2.44. The van der Waals surface area contributed by atoms with Gasteiger partial charge in [-0.15, -0.1) is 0 Å². The van der Waals surface area contributed by atoms with Crippen LogP contribution in [0, 0.1) is 0 Å². The molecule has 0 fully saturated rings. The number of hydrogen-bond donors (Lipinski definition) is 1. The number of carbonyl (C=O) groups excluding carboxylic acids is 3. The van der Waals surface area contributed by atoms with E-state index in [1.165, 1.54) is 19.0 Å². The summed E-state index contributed by atoms with van der Waals surface area (Å²) >= 11 is 0. The minimum atomic E-state index is -0.941. The number of rotatable bonds is 7. The van der Waals surface area contributed by atoms with Gasteiger partial charge in [0, 0.05) is 20.6 Å². The summed E-state index contributed by atoms with van der Waals surface area (Å²) in [5.41, 5.74) is 6.07. The van der Waals surface area contributed by atoms with Crippen molar-refractivity contribution in [2.75, 3.05) is 27.2 Å². The summed E-state index contributed by atoms with van der Waals surface area (Å²) in [7, 11) is 2.95. The molecule has 27 heavy (non-hydrogen) atoms. The van der Waals surface area contributed by atoms with Crippen LogP contribution >= 0.6 is 0 Å². The van der Waals surface area contributed by atoms with Crippen LogP contribution < -0.4 is 5.73 Å². The molecule has 0 heterocycles. The van der Waals surface area contributed by atoms with E-state index in [2.05, 4.69) is 0 Å². The molecule has 0 saturated carbocycles. The molecule has 1 aromatic rings. The lowest BCUT2D eigenvalue weighted by atomic mass is 10.2. The van der Waals surface area contributed by atoms with Crippen LogP contribution in [0.15, 0.2) is 30.3 Å². The van der Waals surface area contributed by atoms with Crippen LogP contribution in [0.2, 0.25) is 0 Å². The van der Waals surface area contributed by atoms with Crippen LogP contribution in [0.25, 0.3) is 0 Å². The van der Waals surface area contributed by atoms with Gasteiger partial charge < -0.3 is 25.0 Å². The Hall–Kier alpha value is -2.61. The molecule has 1 rings (SSSR count). The Morgan fingerprint density at radius 1 is 1.04 bits per heavy atom. The quantitative estimate of drug-likeness (QED) is 0.778. The maximum atomic E-state index is 12.2. The number of ether oxygens (including phenoxy) is 2. The van der Waals surface area contributed by atoms with Crippen molar-refractivity contribution in [3.8, 4) is 0 Å². The van der Waals surface area contributed by atoms with E-state index in [1.807, 2.05) is 30.3 Å². The number of benzene rings is 1. The summed E-state index contributed by atoms with van der Waals surface area (Å²) in [6.45, 7) is 5.12. The summed E-state index contributed by atoms with van der Waals surface area (Å²) in [6, 6.07) is 8.32. The van der Waals surface area contributed by atoms with Crippen molar-refractivity contribution in [2.45, 2.75) is 39.0 Å². The van der Waals surface area contributed by atoms with E-state index in [9.17, 15) is 14.4 Å². The number of likely N-dealkylation sites (N-methyl/N-ethyl adjacent to an activating group) is 2.